The standard InChI is InChI=1S/C17H17NO/c1-12-6-8-14(9-7-12)17(19)18-16-11-10-13-4-2-3-5-15(13)16/h2-9,16H,10-11H2,1H3,(H,18,19)/t16-/m0/s1. The van der Waals surface area contributed by atoms with Crippen molar-refractivity contribution < 1.29 is 4.79 Å². The van der Waals surface area contributed by atoms with Crippen molar-refractivity contribution in [3.63, 3.8) is 0 Å². The van der Waals surface area contributed by atoms with Gasteiger partial charge in [-0.25, -0.2) is 0 Å². The van der Waals surface area contributed by atoms with Crippen LogP contribution >= 0.6 is 0 Å². The van der Waals surface area contributed by atoms with Crippen LogP contribution in [-0.2, 0) is 6.42 Å². The van der Waals surface area contributed by atoms with Gasteiger partial charge in [-0.2, -0.15) is 0 Å². The predicted octanol–water partition coefficient (Wildman–Crippen LogP) is 3.41. The second-order valence-corrected chi connectivity index (χ2v) is 5.13. The molecular weight excluding hydrogens is 234 g/mol. The van der Waals surface area contributed by atoms with E-state index in [0.717, 1.165) is 18.4 Å². The molecule has 0 fully saturated rings. The molecule has 1 aliphatic rings. The maximum absolute atomic E-state index is 12.2. The molecule has 0 saturated carbocycles. The maximum Gasteiger partial charge on any atom is 0.251 e. The van der Waals surface area contributed by atoms with Crippen LogP contribution in [0.4, 0.5) is 0 Å². The summed E-state index contributed by atoms with van der Waals surface area (Å²) < 4.78 is 0. The highest BCUT2D eigenvalue weighted by atomic mass is 16.1. The number of fused-ring (bicyclic) bond motifs is 1. The summed E-state index contributed by atoms with van der Waals surface area (Å²) in [6, 6.07) is 16.2. The normalized spacial score (nSPS) is 17.0. The van der Waals surface area contributed by atoms with E-state index in [9.17, 15) is 4.79 Å². The van der Waals surface area contributed by atoms with Gasteiger partial charge in [-0.3, -0.25) is 4.79 Å². The van der Waals surface area contributed by atoms with E-state index in [1.165, 1.54) is 16.7 Å². The van der Waals surface area contributed by atoms with Gasteiger partial charge in [0.25, 0.3) is 5.91 Å². The average molecular weight is 251 g/mol. The summed E-state index contributed by atoms with van der Waals surface area (Å²) in [4.78, 5) is 12.2. The van der Waals surface area contributed by atoms with Gasteiger partial charge in [-0.1, -0.05) is 42.0 Å². The van der Waals surface area contributed by atoms with Crippen molar-refractivity contribution in [2.75, 3.05) is 0 Å². The molecule has 0 bridgehead atoms. The summed E-state index contributed by atoms with van der Waals surface area (Å²) in [6.07, 6.45) is 2.05. The molecule has 2 heteroatoms. The fourth-order valence-corrected chi connectivity index (χ4v) is 2.65. The highest BCUT2D eigenvalue weighted by Crippen LogP contribution is 2.30. The number of amides is 1. The van der Waals surface area contributed by atoms with Gasteiger partial charge in [0.1, 0.15) is 0 Å². The van der Waals surface area contributed by atoms with Crippen LogP contribution in [-0.4, -0.2) is 5.91 Å². The van der Waals surface area contributed by atoms with Gasteiger partial charge in [0.05, 0.1) is 6.04 Å². The molecule has 0 radical (unpaired) electrons. The molecule has 19 heavy (non-hydrogen) atoms. The summed E-state index contributed by atoms with van der Waals surface area (Å²) >= 11 is 0. The zero-order chi connectivity index (χ0) is 13.2. The molecule has 2 aromatic carbocycles. The molecule has 96 valence electrons. The molecule has 1 aliphatic carbocycles. The van der Waals surface area contributed by atoms with Crippen molar-refractivity contribution in [1.29, 1.82) is 0 Å². The molecule has 1 atom stereocenters. The van der Waals surface area contributed by atoms with Crippen LogP contribution in [0.3, 0.4) is 0 Å². The van der Waals surface area contributed by atoms with Crippen LogP contribution in [0.25, 0.3) is 0 Å². The third kappa shape index (κ3) is 2.39. The summed E-state index contributed by atoms with van der Waals surface area (Å²) in [5.74, 6) is 0.0155. The van der Waals surface area contributed by atoms with Crippen LogP contribution in [0, 0.1) is 6.92 Å². The summed E-state index contributed by atoms with van der Waals surface area (Å²) in [5.41, 5.74) is 4.53. The molecule has 1 N–H and O–H groups in total. The minimum Gasteiger partial charge on any atom is -0.345 e. The van der Waals surface area contributed by atoms with Crippen molar-refractivity contribution in [3.8, 4) is 0 Å². The van der Waals surface area contributed by atoms with E-state index in [4.69, 9.17) is 0 Å². The number of rotatable bonds is 2. The Morgan fingerprint density at radius 2 is 1.84 bits per heavy atom. The quantitative estimate of drug-likeness (QED) is 0.870. The molecule has 2 nitrogen and oxygen atoms in total. The third-order valence-electron chi connectivity index (χ3n) is 3.75. The second kappa shape index (κ2) is 4.88. The van der Waals surface area contributed by atoms with Crippen molar-refractivity contribution in [2.45, 2.75) is 25.8 Å². The van der Waals surface area contributed by atoms with Gasteiger partial charge >= 0.3 is 0 Å². The lowest BCUT2D eigenvalue weighted by Crippen LogP contribution is -2.27. The molecule has 2 aromatic rings. The maximum atomic E-state index is 12.2. The lowest BCUT2D eigenvalue weighted by Gasteiger charge is -2.14. The molecular formula is C17H17NO. The molecule has 0 spiro atoms. The first-order valence-electron chi connectivity index (χ1n) is 6.69. The number of hydrogen-bond donors (Lipinski definition) is 1. The van der Waals surface area contributed by atoms with Gasteiger partial charge in [-0.15, -0.1) is 0 Å². The van der Waals surface area contributed by atoms with E-state index < -0.39 is 0 Å². The van der Waals surface area contributed by atoms with E-state index >= 15 is 0 Å². The monoisotopic (exact) mass is 251 g/mol. The molecule has 3 rings (SSSR count). The Morgan fingerprint density at radius 3 is 2.63 bits per heavy atom. The van der Waals surface area contributed by atoms with Crippen LogP contribution in [0.1, 0.15) is 39.5 Å². The minimum absolute atomic E-state index is 0.0155. The number of carbonyl (C=O) groups is 1. The van der Waals surface area contributed by atoms with Crippen molar-refractivity contribution in [1.82, 2.24) is 5.32 Å². The zero-order valence-electron chi connectivity index (χ0n) is 11.0. The Bertz CT molecular complexity index is 601. The Hall–Kier alpha value is -2.09. The lowest BCUT2D eigenvalue weighted by molar-refractivity contribution is 0.0936. The highest BCUT2D eigenvalue weighted by molar-refractivity contribution is 5.94. The molecule has 0 heterocycles. The number of aryl methyl sites for hydroxylation is 2. The second-order valence-electron chi connectivity index (χ2n) is 5.13. The molecule has 0 aliphatic heterocycles. The van der Waals surface area contributed by atoms with E-state index in [1.807, 2.05) is 37.3 Å². The SMILES string of the molecule is Cc1ccc(C(=O)N[C@H]2CCc3ccccc32)cc1. The van der Waals surface area contributed by atoms with Gasteiger partial charge in [0.2, 0.25) is 0 Å². The number of nitrogens with one attached hydrogen (secondary N) is 1. The summed E-state index contributed by atoms with van der Waals surface area (Å²) in [5, 5.41) is 3.13. The van der Waals surface area contributed by atoms with Crippen LogP contribution in [0.2, 0.25) is 0 Å². The first kappa shape index (κ1) is 12.0. The van der Waals surface area contributed by atoms with Crippen molar-refractivity contribution >= 4 is 5.91 Å². The van der Waals surface area contributed by atoms with E-state index in [-0.39, 0.29) is 11.9 Å². The topological polar surface area (TPSA) is 29.1 Å². The Balaban J connectivity index is 1.76. The Morgan fingerprint density at radius 1 is 1.11 bits per heavy atom. The Labute approximate surface area is 113 Å². The Kier molecular flexibility index (Phi) is 3.08. The van der Waals surface area contributed by atoms with E-state index in [2.05, 4.69) is 23.5 Å². The van der Waals surface area contributed by atoms with Crippen molar-refractivity contribution in [2.24, 2.45) is 0 Å². The fourth-order valence-electron chi connectivity index (χ4n) is 2.65. The predicted molar refractivity (Wildman–Crippen MR) is 76.1 cm³/mol. The van der Waals surface area contributed by atoms with Crippen LogP contribution in [0.5, 0.6) is 0 Å². The smallest absolute Gasteiger partial charge is 0.251 e. The summed E-state index contributed by atoms with van der Waals surface area (Å²) in [7, 11) is 0. The minimum atomic E-state index is 0.0155. The van der Waals surface area contributed by atoms with Crippen molar-refractivity contribution in [3.05, 3.63) is 70.8 Å². The molecule has 1 amide bonds. The zero-order valence-corrected chi connectivity index (χ0v) is 11.0. The third-order valence-corrected chi connectivity index (χ3v) is 3.75. The first-order valence-corrected chi connectivity index (χ1v) is 6.69. The fraction of sp³-hybridized carbons (Fsp3) is 0.235. The van der Waals surface area contributed by atoms with E-state index in [1.54, 1.807) is 0 Å². The molecule has 0 unspecified atom stereocenters. The van der Waals surface area contributed by atoms with E-state index in [0.29, 0.717) is 0 Å². The number of carbonyl (C=O) groups excluding carboxylic acids is 1. The van der Waals surface area contributed by atoms with Crippen LogP contribution in [0.15, 0.2) is 48.5 Å². The molecule has 0 aromatic heterocycles. The summed E-state index contributed by atoms with van der Waals surface area (Å²) in [6.45, 7) is 2.02. The number of benzene rings is 2. The van der Waals surface area contributed by atoms with Gasteiger partial charge in [0.15, 0.2) is 0 Å². The van der Waals surface area contributed by atoms with Gasteiger partial charge in [-0.05, 0) is 43.0 Å². The largest absolute Gasteiger partial charge is 0.345 e. The van der Waals surface area contributed by atoms with Gasteiger partial charge < -0.3 is 5.32 Å². The number of hydrogen-bond acceptors (Lipinski definition) is 1. The van der Waals surface area contributed by atoms with Gasteiger partial charge in [0, 0.05) is 5.56 Å². The first-order chi connectivity index (χ1) is 9.24. The van der Waals surface area contributed by atoms with Crippen LogP contribution < -0.4 is 5.32 Å². The average Bonchev–Trinajstić information content (AvgIpc) is 2.83. The lowest BCUT2D eigenvalue weighted by atomic mass is 10.1. The molecule has 0 saturated heterocycles. The highest BCUT2D eigenvalue weighted by Gasteiger charge is 2.23.